The first-order valence-corrected chi connectivity index (χ1v) is 13.3. The van der Waals surface area contributed by atoms with Crippen molar-refractivity contribution in [2.75, 3.05) is 18.0 Å². The fourth-order valence-corrected chi connectivity index (χ4v) is 4.93. The van der Waals surface area contributed by atoms with Gasteiger partial charge in [0.2, 0.25) is 0 Å². The molecule has 16 heteroatoms. The van der Waals surface area contributed by atoms with Crippen LogP contribution >= 0.6 is 0 Å². The number of aromatic nitrogens is 4. The highest BCUT2D eigenvalue weighted by molar-refractivity contribution is 5.42. The van der Waals surface area contributed by atoms with E-state index in [2.05, 4.69) is 15.4 Å². The Balaban J connectivity index is 1.83. The Labute approximate surface area is 240 Å². The average Bonchev–Trinajstić information content (AvgIpc) is 3.37. The van der Waals surface area contributed by atoms with Gasteiger partial charge in [-0.3, -0.25) is 4.90 Å². The van der Waals surface area contributed by atoms with Crippen molar-refractivity contribution in [3.63, 3.8) is 0 Å². The smallest absolute Gasteiger partial charge is 0.330 e. The van der Waals surface area contributed by atoms with E-state index in [0.717, 1.165) is 16.9 Å². The molecule has 0 spiro atoms. The number of tetrazole rings is 1. The molecule has 0 saturated carbocycles. The topological polar surface area (TPSA) is 50.1 Å². The number of alkyl halides is 10. The molecule has 43 heavy (non-hydrogen) atoms. The van der Waals surface area contributed by atoms with Gasteiger partial charge in [0.05, 0.1) is 22.7 Å². The van der Waals surface area contributed by atoms with E-state index in [9.17, 15) is 43.9 Å². The van der Waals surface area contributed by atoms with Crippen LogP contribution in [0.15, 0.2) is 36.4 Å². The number of rotatable bonds is 9. The molecule has 1 atom stereocenters. The Morgan fingerprint density at radius 1 is 0.837 bits per heavy atom. The minimum atomic E-state index is -5.10. The molecule has 0 aliphatic carbocycles. The summed E-state index contributed by atoms with van der Waals surface area (Å²) in [5, 5.41) is 11.9. The lowest BCUT2D eigenvalue weighted by atomic mass is 9.92. The Kier molecular flexibility index (Phi) is 9.01. The standard InChI is InChI=1S/C27H28F10N6/c1-4-23(41-13-21(28)14-41)22-6-5-18(25(29,30)31)9-17(22)12-42(24-38-40-43(39-24)15(2)3)11-16-7-19(26(32,33)34)10-20(8-16)27(35,36)37/h5-10,15,21,23H,4,11-14H2,1-3H3. The van der Waals surface area contributed by atoms with Gasteiger partial charge in [-0.05, 0) is 72.5 Å². The summed E-state index contributed by atoms with van der Waals surface area (Å²) in [6.07, 6.45) is -15.7. The molecule has 0 amide bonds. The molecule has 6 nitrogen and oxygen atoms in total. The van der Waals surface area contributed by atoms with E-state index in [0.29, 0.717) is 24.1 Å². The van der Waals surface area contributed by atoms with Crippen LogP contribution in [0.25, 0.3) is 0 Å². The van der Waals surface area contributed by atoms with Crippen molar-refractivity contribution in [3.05, 3.63) is 69.8 Å². The van der Waals surface area contributed by atoms with Gasteiger partial charge in [-0.15, -0.1) is 5.10 Å². The van der Waals surface area contributed by atoms with Crippen LogP contribution < -0.4 is 4.90 Å². The minimum absolute atomic E-state index is 0.0108. The average molecular weight is 627 g/mol. The van der Waals surface area contributed by atoms with Crippen molar-refractivity contribution in [2.45, 2.75) is 77.1 Å². The summed E-state index contributed by atoms with van der Waals surface area (Å²) in [4.78, 5) is 4.07. The van der Waals surface area contributed by atoms with Gasteiger partial charge >= 0.3 is 18.5 Å². The molecule has 1 aliphatic heterocycles. The molecule has 236 valence electrons. The predicted octanol–water partition coefficient (Wildman–Crippen LogP) is 7.62. The van der Waals surface area contributed by atoms with E-state index in [1.54, 1.807) is 25.7 Å². The van der Waals surface area contributed by atoms with E-state index >= 15 is 0 Å². The summed E-state index contributed by atoms with van der Waals surface area (Å²) in [7, 11) is 0. The number of halogens is 10. The molecule has 1 fully saturated rings. The lowest BCUT2D eigenvalue weighted by molar-refractivity contribution is -0.143. The summed E-state index contributed by atoms with van der Waals surface area (Å²) in [5.41, 5.74) is -4.03. The third kappa shape index (κ3) is 7.57. The second kappa shape index (κ2) is 11.9. The van der Waals surface area contributed by atoms with Gasteiger partial charge < -0.3 is 4.90 Å². The maximum atomic E-state index is 13.8. The number of anilines is 1. The van der Waals surface area contributed by atoms with E-state index < -0.39 is 66.1 Å². The number of hydrogen-bond acceptors (Lipinski definition) is 5. The Morgan fingerprint density at radius 3 is 1.88 bits per heavy atom. The van der Waals surface area contributed by atoms with Crippen LogP contribution in [-0.4, -0.2) is 44.4 Å². The van der Waals surface area contributed by atoms with Crippen molar-refractivity contribution in [1.82, 2.24) is 25.1 Å². The monoisotopic (exact) mass is 626 g/mol. The largest absolute Gasteiger partial charge is 0.416 e. The molecule has 1 aromatic heterocycles. The summed E-state index contributed by atoms with van der Waals surface area (Å²) in [5.74, 6) is -0.219. The molecule has 0 N–H and O–H groups in total. The van der Waals surface area contributed by atoms with Crippen LogP contribution in [-0.2, 0) is 31.6 Å². The van der Waals surface area contributed by atoms with Gasteiger partial charge in [0.25, 0.3) is 5.95 Å². The Bertz CT molecular complexity index is 1370. The minimum Gasteiger partial charge on any atom is -0.330 e. The van der Waals surface area contributed by atoms with Crippen molar-refractivity contribution >= 4 is 5.95 Å². The van der Waals surface area contributed by atoms with Gasteiger partial charge in [-0.2, -0.15) is 44.3 Å². The normalized spacial score (nSPS) is 16.0. The molecule has 3 aromatic rings. The molecule has 0 bridgehead atoms. The molecule has 4 rings (SSSR count). The summed E-state index contributed by atoms with van der Waals surface area (Å²) in [6, 6.07) is 3.27. The molecule has 1 unspecified atom stereocenters. The second-order valence-corrected chi connectivity index (χ2v) is 10.7. The molecule has 1 saturated heterocycles. The highest BCUT2D eigenvalue weighted by Crippen LogP contribution is 2.39. The molecule has 1 aliphatic rings. The van der Waals surface area contributed by atoms with Gasteiger partial charge in [-0.1, -0.05) is 18.1 Å². The van der Waals surface area contributed by atoms with Crippen LogP contribution in [0.3, 0.4) is 0 Å². The number of nitrogens with zero attached hydrogens (tertiary/aromatic N) is 6. The zero-order valence-electron chi connectivity index (χ0n) is 23.2. The summed E-state index contributed by atoms with van der Waals surface area (Å²) in [6.45, 7) is 4.24. The maximum absolute atomic E-state index is 13.8. The fourth-order valence-electron chi connectivity index (χ4n) is 4.93. The van der Waals surface area contributed by atoms with Gasteiger partial charge in [-0.25, -0.2) is 4.39 Å². The highest BCUT2D eigenvalue weighted by atomic mass is 19.4. The fraction of sp³-hybridized carbons (Fsp3) is 0.519. The van der Waals surface area contributed by atoms with Gasteiger partial charge in [0, 0.05) is 32.2 Å². The van der Waals surface area contributed by atoms with E-state index in [1.165, 1.54) is 11.0 Å². The van der Waals surface area contributed by atoms with Crippen molar-refractivity contribution in [3.8, 4) is 0 Å². The number of likely N-dealkylation sites (tertiary alicyclic amines) is 1. The molecule has 0 radical (unpaired) electrons. The van der Waals surface area contributed by atoms with Crippen molar-refractivity contribution in [1.29, 1.82) is 0 Å². The lowest BCUT2D eigenvalue weighted by Gasteiger charge is -2.41. The van der Waals surface area contributed by atoms with Crippen molar-refractivity contribution in [2.24, 2.45) is 0 Å². The maximum Gasteiger partial charge on any atom is 0.416 e. The number of hydrogen-bond donors (Lipinski definition) is 0. The van der Waals surface area contributed by atoms with E-state index in [4.69, 9.17) is 0 Å². The third-order valence-electron chi connectivity index (χ3n) is 7.07. The zero-order chi connectivity index (χ0) is 31.9. The zero-order valence-corrected chi connectivity index (χ0v) is 23.2. The molecular weight excluding hydrogens is 598 g/mol. The summed E-state index contributed by atoms with van der Waals surface area (Å²) < 4.78 is 136. The first kappa shape index (κ1) is 32.5. The quantitative estimate of drug-likeness (QED) is 0.229. The van der Waals surface area contributed by atoms with Crippen LogP contribution in [0.5, 0.6) is 0 Å². The van der Waals surface area contributed by atoms with E-state index in [-0.39, 0.29) is 36.7 Å². The van der Waals surface area contributed by atoms with Crippen LogP contribution in [0.2, 0.25) is 0 Å². The van der Waals surface area contributed by atoms with E-state index in [1.807, 2.05) is 0 Å². The highest BCUT2D eigenvalue weighted by Gasteiger charge is 2.38. The molecule has 2 heterocycles. The number of benzene rings is 2. The second-order valence-electron chi connectivity index (χ2n) is 10.7. The first-order valence-electron chi connectivity index (χ1n) is 13.3. The van der Waals surface area contributed by atoms with Gasteiger partial charge in [0.1, 0.15) is 6.17 Å². The molecule has 2 aromatic carbocycles. The summed E-state index contributed by atoms with van der Waals surface area (Å²) >= 11 is 0. The van der Waals surface area contributed by atoms with Crippen LogP contribution in [0.4, 0.5) is 49.9 Å². The van der Waals surface area contributed by atoms with Gasteiger partial charge in [0.15, 0.2) is 0 Å². The predicted molar refractivity (Wildman–Crippen MR) is 135 cm³/mol. The third-order valence-corrected chi connectivity index (χ3v) is 7.07. The SMILES string of the molecule is CCC(c1ccc(C(F)(F)F)cc1CN(Cc1cc(C(F)(F)F)cc(C(F)(F)F)c1)c1nnn(C(C)C)n1)N1CC(F)C1. The van der Waals surface area contributed by atoms with Crippen LogP contribution in [0, 0.1) is 0 Å². The van der Waals surface area contributed by atoms with Crippen LogP contribution in [0.1, 0.15) is 72.7 Å². The first-order chi connectivity index (χ1) is 19.9. The Morgan fingerprint density at radius 2 is 1.42 bits per heavy atom. The molecular formula is C27H28F10N6. The van der Waals surface area contributed by atoms with Crippen molar-refractivity contribution < 1.29 is 43.9 Å². The lowest BCUT2D eigenvalue weighted by Crippen LogP contribution is -2.50. The Hall–Kier alpha value is -3.43.